The van der Waals surface area contributed by atoms with E-state index in [9.17, 15) is 0 Å². The second-order valence-corrected chi connectivity index (χ2v) is 5.76. The van der Waals surface area contributed by atoms with Crippen molar-refractivity contribution in [3.05, 3.63) is 24.3 Å². The van der Waals surface area contributed by atoms with Gasteiger partial charge in [0.15, 0.2) is 0 Å². The molecule has 2 bridgehead atoms. The van der Waals surface area contributed by atoms with Gasteiger partial charge in [0, 0.05) is 24.7 Å². The molecule has 0 amide bonds. The summed E-state index contributed by atoms with van der Waals surface area (Å²) >= 11 is 0. The number of H-pyrrole nitrogens is 1. The molecule has 4 rings (SSSR count). The molecule has 0 spiro atoms. The van der Waals surface area contributed by atoms with E-state index in [4.69, 9.17) is 0 Å². The number of nitrogens with one attached hydrogen (secondary N) is 2. The summed E-state index contributed by atoms with van der Waals surface area (Å²) in [6.45, 7) is 0. The Labute approximate surface area is 106 Å². The zero-order chi connectivity index (χ0) is 11.9. The molecule has 2 aliphatic heterocycles. The summed E-state index contributed by atoms with van der Waals surface area (Å²) in [7, 11) is 0. The van der Waals surface area contributed by atoms with E-state index in [0.29, 0.717) is 0 Å². The number of aromatic amines is 1. The second kappa shape index (κ2) is 4.05. The predicted molar refractivity (Wildman–Crippen MR) is 70.3 cm³/mol. The number of imidazole rings is 1. The minimum atomic E-state index is 0.764. The standard InChI is InChI=1S/C14H18N4/c1-2-11-6-9(5-10(1)16-11)7-14-17-12-3-4-15-8-13(12)18-14/h3-4,8-11,16H,1-2,5-7H2,(H,17,18). The van der Waals surface area contributed by atoms with E-state index in [1.54, 1.807) is 6.20 Å². The van der Waals surface area contributed by atoms with Crippen LogP contribution in [-0.2, 0) is 6.42 Å². The van der Waals surface area contributed by atoms with Gasteiger partial charge in [0.05, 0.1) is 17.2 Å². The number of hydrogen-bond donors (Lipinski definition) is 2. The summed E-state index contributed by atoms with van der Waals surface area (Å²) in [4.78, 5) is 12.2. The Bertz CT molecular complexity index is 517. The smallest absolute Gasteiger partial charge is 0.107 e. The van der Waals surface area contributed by atoms with Gasteiger partial charge in [-0.3, -0.25) is 4.98 Å². The molecule has 2 N–H and O–H groups in total. The molecule has 18 heavy (non-hydrogen) atoms. The van der Waals surface area contributed by atoms with Crippen LogP contribution in [0.5, 0.6) is 0 Å². The number of nitrogens with zero attached hydrogens (tertiary/aromatic N) is 2. The Morgan fingerprint density at radius 1 is 1.22 bits per heavy atom. The van der Waals surface area contributed by atoms with Gasteiger partial charge in [0.25, 0.3) is 0 Å². The largest absolute Gasteiger partial charge is 0.341 e. The zero-order valence-electron chi connectivity index (χ0n) is 10.4. The van der Waals surface area contributed by atoms with Crippen molar-refractivity contribution in [1.29, 1.82) is 0 Å². The number of hydrogen-bond acceptors (Lipinski definition) is 3. The number of fused-ring (bicyclic) bond motifs is 3. The van der Waals surface area contributed by atoms with Crippen molar-refractivity contribution in [1.82, 2.24) is 20.3 Å². The first kappa shape index (κ1) is 10.5. The van der Waals surface area contributed by atoms with Gasteiger partial charge in [-0.25, -0.2) is 4.98 Å². The molecule has 4 heteroatoms. The van der Waals surface area contributed by atoms with Crippen LogP contribution < -0.4 is 5.32 Å². The van der Waals surface area contributed by atoms with Crippen LogP contribution in [-0.4, -0.2) is 27.0 Å². The molecule has 2 unspecified atom stereocenters. The topological polar surface area (TPSA) is 53.6 Å². The second-order valence-electron chi connectivity index (χ2n) is 5.76. The summed E-state index contributed by atoms with van der Waals surface area (Å²) in [5, 5.41) is 3.69. The van der Waals surface area contributed by atoms with E-state index >= 15 is 0 Å². The van der Waals surface area contributed by atoms with Gasteiger partial charge in [-0.1, -0.05) is 0 Å². The van der Waals surface area contributed by atoms with Crippen molar-refractivity contribution in [2.45, 2.75) is 44.2 Å². The van der Waals surface area contributed by atoms with E-state index in [0.717, 1.165) is 41.3 Å². The predicted octanol–water partition coefficient (Wildman–Crippen LogP) is 2.03. The normalized spacial score (nSPS) is 31.0. The van der Waals surface area contributed by atoms with Crippen LogP contribution >= 0.6 is 0 Å². The van der Waals surface area contributed by atoms with Gasteiger partial charge >= 0.3 is 0 Å². The molecule has 0 aliphatic carbocycles. The monoisotopic (exact) mass is 242 g/mol. The van der Waals surface area contributed by atoms with Crippen molar-refractivity contribution >= 4 is 11.0 Å². The minimum absolute atomic E-state index is 0.764. The molecule has 2 aliphatic rings. The number of piperidine rings is 1. The highest BCUT2D eigenvalue weighted by atomic mass is 15.0. The first-order chi connectivity index (χ1) is 8.87. The van der Waals surface area contributed by atoms with E-state index in [1.165, 1.54) is 25.7 Å². The van der Waals surface area contributed by atoms with Crippen LogP contribution in [0, 0.1) is 5.92 Å². The number of aromatic nitrogens is 3. The van der Waals surface area contributed by atoms with Crippen LogP contribution in [0.15, 0.2) is 18.5 Å². The van der Waals surface area contributed by atoms with Crippen molar-refractivity contribution in [3.8, 4) is 0 Å². The van der Waals surface area contributed by atoms with Gasteiger partial charge in [0.2, 0.25) is 0 Å². The lowest BCUT2D eigenvalue weighted by Gasteiger charge is -2.28. The van der Waals surface area contributed by atoms with Gasteiger partial charge < -0.3 is 10.3 Å². The maximum absolute atomic E-state index is 4.66. The minimum Gasteiger partial charge on any atom is -0.341 e. The third-order valence-corrected chi connectivity index (χ3v) is 4.39. The summed E-state index contributed by atoms with van der Waals surface area (Å²) in [6, 6.07) is 3.50. The first-order valence-electron chi connectivity index (χ1n) is 6.91. The quantitative estimate of drug-likeness (QED) is 0.847. The van der Waals surface area contributed by atoms with Crippen LogP contribution in [0.2, 0.25) is 0 Å². The third-order valence-electron chi connectivity index (χ3n) is 4.39. The highest BCUT2D eigenvalue weighted by Gasteiger charge is 2.33. The van der Waals surface area contributed by atoms with Crippen molar-refractivity contribution < 1.29 is 0 Å². The average Bonchev–Trinajstić information content (AvgIpc) is 2.92. The van der Waals surface area contributed by atoms with E-state index in [1.807, 2.05) is 12.3 Å². The summed E-state index contributed by atoms with van der Waals surface area (Å²) in [5.74, 6) is 1.92. The molecule has 2 aromatic rings. The Balaban J connectivity index is 1.54. The highest BCUT2D eigenvalue weighted by molar-refractivity contribution is 5.73. The third kappa shape index (κ3) is 1.81. The molecule has 2 atom stereocenters. The van der Waals surface area contributed by atoms with Gasteiger partial charge in [-0.05, 0) is 37.7 Å². The molecule has 2 fully saturated rings. The van der Waals surface area contributed by atoms with Crippen molar-refractivity contribution in [2.75, 3.05) is 0 Å². The molecule has 2 saturated heterocycles. The first-order valence-corrected chi connectivity index (χ1v) is 6.91. The fraction of sp³-hybridized carbons (Fsp3) is 0.571. The van der Waals surface area contributed by atoms with E-state index < -0.39 is 0 Å². The molecular formula is C14H18N4. The number of pyridine rings is 1. The Hall–Kier alpha value is -1.42. The summed E-state index contributed by atoms with van der Waals surface area (Å²) in [6.07, 6.45) is 10.1. The SMILES string of the molecule is c1cc2nc(CC3CC4CCC(C3)N4)[nH]c2cn1. The lowest BCUT2D eigenvalue weighted by atomic mass is 9.89. The molecule has 2 aromatic heterocycles. The van der Waals surface area contributed by atoms with Gasteiger partial charge in [0.1, 0.15) is 5.82 Å². The molecule has 0 radical (unpaired) electrons. The highest BCUT2D eigenvalue weighted by Crippen LogP contribution is 2.32. The van der Waals surface area contributed by atoms with Crippen molar-refractivity contribution in [3.63, 3.8) is 0 Å². The summed E-state index contributed by atoms with van der Waals surface area (Å²) in [5.41, 5.74) is 2.10. The van der Waals surface area contributed by atoms with Crippen LogP contribution in [0.4, 0.5) is 0 Å². The molecule has 4 nitrogen and oxygen atoms in total. The van der Waals surface area contributed by atoms with E-state index in [-0.39, 0.29) is 0 Å². The molecule has 0 saturated carbocycles. The van der Waals surface area contributed by atoms with E-state index in [2.05, 4.69) is 20.3 Å². The van der Waals surface area contributed by atoms with Crippen LogP contribution in [0.25, 0.3) is 11.0 Å². The molecule has 4 heterocycles. The van der Waals surface area contributed by atoms with Gasteiger partial charge in [-0.2, -0.15) is 0 Å². The Kier molecular flexibility index (Phi) is 2.36. The zero-order valence-corrected chi connectivity index (χ0v) is 10.4. The lowest BCUT2D eigenvalue weighted by Crippen LogP contribution is -2.38. The van der Waals surface area contributed by atoms with Gasteiger partial charge in [-0.15, -0.1) is 0 Å². The van der Waals surface area contributed by atoms with Crippen LogP contribution in [0.1, 0.15) is 31.5 Å². The van der Waals surface area contributed by atoms with Crippen LogP contribution in [0.3, 0.4) is 0 Å². The molecule has 94 valence electrons. The van der Waals surface area contributed by atoms with Crippen molar-refractivity contribution in [2.24, 2.45) is 5.92 Å². The average molecular weight is 242 g/mol. The lowest BCUT2D eigenvalue weighted by molar-refractivity contribution is 0.295. The fourth-order valence-corrected chi connectivity index (χ4v) is 3.62. The fourth-order valence-electron chi connectivity index (χ4n) is 3.62. The molecule has 0 aromatic carbocycles. The Morgan fingerprint density at radius 2 is 2.06 bits per heavy atom. The summed E-state index contributed by atoms with van der Waals surface area (Å²) < 4.78 is 0. The molecular weight excluding hydrogens is 224 g/mol. The Morgan fingerprint density at radius 3 is 2.83 bits per heavy atom. The maximum atomic E-state index is 4.66. The number of rotatable bonds is 2. The maximum Gasteiger partial charge on any atom is 0.107 e.